The zero-order valence-corrected chi connectivity index (χ0v) is 28.0. The summed E-state index contributed by atoms with van der Waals surface area (Å²) in [7, 11) is -8.67. The molecule has 4 rings (SSSR count). The van der Waals surface area contributed by atoms with Crippen LogP contribution in [0.15, 0.2) is 36.4 Å². The molecule has 11 nitrogen and oxygen atoms in total. The molecule has 0 spiro atoms. The molecule has 1 amide bonds. The zero-order chi connectivity index (χ0) is 32.4. The van der Waals surface area contributed by atoms with E-state index >= 15 is 0 Å². The number of rotatable bonds is 11. The first-order valence-corrected chi connectivity index (χ1v) is 18.2. The number of nitrogens with zero attached hydrogens (tertiary/aromatic N) is 3. The largest absolute Gasteiger partial charge is 0.383 e. The molecule has 0 aliphatic carbocycles. The second-order valence-electron chi connectivity index (χ2n) is 11.3. The fourth-order valence-electron chi connectivity index (χ4n) is 5.24. The van der Waals surface area contributed by atoms with Gasteiger partial charge in [-0.1, -0.05) is 43.5 Å². The SMILES string of the molecule is Cc1c(C(=O)NN2CCCCC2)nc(-c2ccc(Cl)cc2Cl)n1-c1ccc(OS(C)(=O)=O)cc1C(CCC(C)C)S(=O)(=O)O. The quantitative estimate of drug-likeness (QED) is 0.183. The van der Waals surface area contributed by atoms with Gasteiger partial charge in [0.2, 0.25) is 0 Å². The van der Waals surface area contributed by atoms with E-state index in [0.29, 0.717) is 35.8 Å². The number of halogens is 2. The molecule has 1 aromatic heterocycles. The van der Waals surface area contributed by atoms with E-state index < -0.39 is 31.4 Å². The monoisotopic (exact) mass is 686 g/mol. The van der Waals surface area contributed by atoms with Crippen molar-refractivity contribution in [1.29, 1.82) is 0 Å². The van der Waals surface area contributed by atoms with E-state index in [1.54, 1.807) is 23.6 Å². The summed E-state index contributed by atoms with van der Waals surface area (Å²) in [5.41, 5.74) is 4.05. The first kappa shape index (κ1) is 34.2. The Hall–Kier alpha value is -2.68. The summed E-state index contributed by atoms with van der Waals surface area (Å²) in [6.07, 6.45) is 4.29. The highest BCUT2D eigenvalue weighted by atomic mass is 35.5. The van der Waals surface area contributed by atoms with Crippen molar-refractivity contribution in [2.24, 2.45) is 5.92 Å². The molecule has 1 atom stereocenters. The highest BCUT2D eigenvalue weighted by molar-refractivity contribution is 7.86. The molecule has 1 aliphatic rings. The average Bonchev–Trinajstić information content (AvgIpc) is 3.24. The first-order chi connectivity index (χ1) is 20.5. The third-order valence-electron chi connectivity index (χ3n) is 7.31. The summed E-state index contributed by atoms with van der Waals surface area (Å²) >= 11 is 12.8. The van der Waals surface area contributed by atoms with Crippen molar-refractivity contribution >= 4 is 49.3 Å². The van der Waals surface area contributed by atoms with Crippen molar-refractivity contribution in [2.75, 3.05) is 19.3 Å². The lowest BCUT2D eigenvalue weighted by Crippen LogP contribution is -2.45. The Morgan fingerprint density at radius 2 is 1.73 bits per heavy atom. The van der Waals surface area contributed by atoms with Gasteiger partial charge < -0.3 is 4.18 Å². The number of piperidine rings is 1. The number of carbonyl (C=O) groups excluding carboxylic acids is 1. The van der Waals surface area contributed by atoms with E-state index in [0.717, 1.165) is 25.5 Å². The fraction of sp³-hybridized carbons (Fsp3) is 0.448. The summed E-state index contributed by atoms with van der Waals surface area (Å²) in [4.78, 5) is 18.3. The number of hydrogen-bond donors (Lipinski definition) is 2. The molecule has 2 aromatic carbocycles. The number of benzene rings is 2. The topological polar surface area (TPSA) is 148 Å². The Kier molecular flexibility index (Phi) is 10.7. The summed E-state index contributed by atoms with van der Waals surface area (Å²) < 4.78 is 66.8. The molecule has 0 saturated carbocycles. The standard InChI is InChI=1S/C29H36Cl2N4O7S2/c1-18(2)8-13-26(44(39,40)41)23-17-21(42-43(4,37)38)10-12-25(23)35-19(3)27(29(36)33-34-14-6-5-7-15-34)32-28(35)22-11-9-20(30)16-24(22)31/h9-12,16-18,26H,5-8,13-15H2,1-4H3,(H,33,36)(H,39,40,41). The summed E-state index contributed by atoms with van der Waals surface area (Å²) in [6, 6.07) is 8.87. The van der Waals surface area contributed by atoms with Crippen LogP contribution >= 0.6 is 23.2 Å². The first-order valence-electron chi connectivity index (χ1n) is 14.2. The van der Waals surface area contributed by atoms with Crippen LogP contribution in [-0.2, 0) is 20.2 Å². The molecule has 3 aromatic rings. The van der Waals surface area contributed by atoms with Gasteiger partial charge in [0, 0.05) is 29.2 Å². The molecule has 2 N–H and O–H groups in total. The molecular weight excluding hydrogens is 651 g/mol. The molecule has 0 bridgehead atoms. The van der Waals surface area contributed by atoms with Crippen LogP contribution in [0.3, 0.4) is 0 Å². The van der Waals surface area contributed by atoms with Gasteiger partial charge in [0.25, 0.3) is 16.0 Å². The minimum atomic E-state index is -4.71. The van der Waals surface area contributed by atoms with Gasteiger partial charge in [0.1, 0.15) is 16.8 Å². The normalized spacial score (nSPS) is 15.4. The number of carbonyl (C=O) groups is 1. The van der Waals surface area contributed by atoms with Crippen LogP contribution in [0.25, 0.3) is 17.1 Å². The van der Waals surface area contributed by atoms with Crippen molar-refractivity contribution in [3.63, 3.8) is 0 Å². The molecule has 2 heterocycles. The number of hydrazine groups is 1. The maximum atomic E-state index is 13.6. The molecule has 1 saturated heterocycles. The van der Waals surface area contributed by atoms with Crippen LogP contribution in [-0.4, -0.2) is 61.2 Å². The van der Waals surface area contributed by atoms with Gasteiger partial charge in [-0.05, 0) is 74.9 Å². The van der Waals surface area contributed by atoms with Gasteiger partial charge >= 0.3 is 10.1 Å². The lowest BCUT2D eigenvalue weighted by atomic mass is 10.00. The van der Waals surface area contributed by atoms with E-state index in [-0.39, 0.29) is 45.9 Å². The molecule has 1 fully saturated rings. The van der Waals surface area contributed by atoms with Crippen LogP contribution in [0.5, 0.6) is 5.75 Å². The second kappa shape index (κ2) is 13.8. The average molecular weight is 688 g/mol. The minimum Gasteiger partial charge on any atom is -0.383 e. The van der Waals surface area contributed by atoms with Crippen LogP contribution in [0.2, 0.25) is 10.0 Å². The third kappa shape index (κ3) is 8.32. The van der Waals surface area contributed by atoms with Crippen molar-refractivity contribution in [1.82, 2.24) is 20.0 Å². The van der Waals surface area contributed by atoms with Crippen LogP contribution in [0.1, 0.15) is 72.9 Å². The Morgan fingerprint density at radius 3 is 2.32 bits per heavy atom. The van der Waals surface area contributed by atoms with E-state index in [9.17, 15) is 26.2 Å². The predicted octanol–water partition coefficient (Wildman–Crippen LogP) is 5.99. The van der Waals surface area contributed by atoms with Gasteiger partial charge in [-0.3, -0.25) is 19.3 Å². The van der Waals surface area contributed by atoms with Crippen molar-refractivity contribution in [3.05, 3.63) is 63.4 Å². The van der Waals surface area contributed by atoms with Crippen LogP contribution in [0, 0.1) is 12.8 Å². The molecule has 44 heavy (non-hydrogen) atoms. The van der Waals surface area contributed by atoms with Crippen molar-refractivity contribution < 1.29 is 30.4 Å². The maximum absolute atomic E-state index is 13.6. The maximum Gasteiger partial charge on any atom is 0.306 e. The van der Waals surface area contributed by atoms with E-state index in [1.165, 1.54) is 24.3 Å². The number of nitrogens with one attached hydrogen (secondary N) is 1. The molecule has 15 heteroatoms. The number of amides is 1. The van der Waals surface area contributed by atoms with Gasteiger partial charge in [0.05, 0.1) is 22.7 Å². The Bertz CT molecular complexity index is 1750. The molecular formula is C29H36Cl2N4O7S2. The molecule has 240 valence electrons. The smallest absolute Gasteiger partial charge is 0.306 e. The van der Waals surface area contributed by atoms with Crippen molar-refractivity contribution in [3.8, 4) is 22.8 Å². The van der Waals surface area contributed by atoms with Gasteiger partial charge in [0.15, 0.2) is 5.69 Å². The summed E-state index contributed by atoms with van der Waals surface area (Å²) in [5, 5.41) is 0.989. The Balaban J connectivity index is 1.99. The number of hydrogen-bond acceptors (Lipinski definition) is 8. The van der Waals surface area contributed by atoms with E-state index in [1.807, 2.05) is 18.9 Å². The van der Waals surface area contributed by atoms with Crippen LogP contribution in [0.4, 0.5) is 0 Å². The summed E-state index contributed by atoms with van der Waals surface area (Å²) in [6.45, 7) is 6.88. The third-order valence-corrected chi connectivity index (χ3v) is 9.56. The van der Waals surface area contributed by atoms with Gasteiger partial charge in [-0.15, -0.1) is 0 Å². The highest BCUT2D eigenvalue weighted by Crippen LogP contribution is 2.39. The summed E-state index contributed by atoms with van der Waals surface area (Å²) in [5.74, 6) is -0.291. The minimum absolute atomic E-state index is 0.0267. The highest BCUT2D eigenvalue weighted by Gasteiger charge is 2.32. The van der Waals surface area contributed by atoms with Crippen LogP contribution < -0.4 is 9.61 Å². The Morgan fingerprint density at radius 1 is 1.05 bits per heavy atom. The van der Waals surface area contributed by atoms with Crippen molar-refractivity contribution in [2.45, 2.75) is 58.1 Å². The predicted molar refractivity (Wildman–Crippen MR) is 170 cm³/mol. The molecule has 0 radical (unpaired) electrons. The zero-order valence-electron chi connectivity index (χ0n) is 24.9. The Labute approximate surface area is 268 Å². The fourth-order valence-corrected chi connectivity index (χ4v) is 7.13. The molecule has 1 aliphatic heterocycles. The number of aromatic nitrogens is 2. The van der Waals surface area contributed by atoms with E-state index in [2.05, 4.69) is 10.4 Å². The molecule has 1 unspecified atom stereocenters. The lowest BCUT2D eigenvalue weighted by molar-refractivity contribution is 0.0744. The van der Waals surface area contributed by atoms with Gasteiger partial charge in [-0.25, -0.2) is 9.99 Å². The van der Waals surface area contributed by atoms with Gasteiger partial charge in [-0.2, -0.15) is 16.8 Å². The van der Waals surface area contributed by atoms with E-state index in [4.69, 9.17) is 27.4 Å². The number of imidazole rings is 1. The second-order valence-corrected chi connectivity index (χ2v) is 15.3. The lowest BCUT2D eigenvalue weighted by Gasteiger charge is -2.26.